The molecule has 1 aromatic carbocycles. The SMILES string of the molecule is CCS(=O)(=O)CCC(C)C(Br)c1ccccc1. The van der Waals surface area contributed by atoms with E-state index in [0.717, 1.165) is 0 Å². The van der Waals surface area contributed by atoms with Crippen LogP contribution in [0.15, 0.2) is 30.3 Å². The molecule has 0 spiro atoms. The molecule has 0 aliphatic carbocycles. The fraction of sp³-hybridized carbons (Fsp3) is 0.538. The zero-order valence-corrected chi connectivity index (χ0v) is 12.7. The Kier molecular flexibility index (Phi) is 5.67. The quantitative estimate of drug-likeness (QED) is 0.751. The molecule has 0 saturated carbocycles. The maximum Gasteiger partial charge on any atom is 0.150 e. The van der Waals surface area contributed by atoms with Crippen LogP contribution in [0.4, 0.5) is 0 Å². The van der Waals surface area contributed by atoms with Crippen molar-refractivity contribution in [3.05, 3.63) is 35.9 Å². The molecule has 1 rings (SSSR count). The third-order valence-electron chi connectivity index (χ3n) is 2.94. The molecule has 17 heavy (non-hydrogen) atoms. The van der Waals surface area contributed by atoms with Gasteiger partial charge in [-0.1, -0.05) is 60.1 Å². The van der Waals surface area contributed by atoms with Gasteiger partial charge in [0.15, 0.2) is 0 Å². The van der Waals surface area contributed by atoms with Crippen molar-refractivity contribution in [2.24, 2.45) is 5.92 Å². The van der Waals surface area contributed by atoms with Crippen molar-refractivity contribution in [2.75, 3.05) is 11.5 Å². The zero-order chi connectivity index (χ0) is 12.9. The molecule has 0 aliphatic rings. The summed E-state index contributed by atoms with van der Waals surface area (Å²) in [7, 11) is -2.85. The highest BCUT2D eigenvalue weighted by atomic mass is 79.9. The number of hydrogen-bond acceptors (Lipinski definition) is 2. The minimum atomic E-state index is -2.85. The highest BCUT2D eigenvalue weighted by Gasteiger charge is 2.18. The molecular weight excluding hydrogens is 300 g/mol. The summed E-state index contributed by atoms with van der Waals surface area (Å²) < 4.78 is 22.9. The molecule has 0 radical (unpaired) electrons. The van der Waals surface area contributed by atoms with Crippen LogP contribution in [-0.2, 0) is 9.84 Å². The molecule has 2 nitrogen and oxygen atoms in total. The molecule has 96 valence electrons. The summed E-state index contributed by atoms with van der Waals surface area (Å²) in [4.78, 5) is 0.218. The maximum atomic E-state index is 11.4. The molecule has 1 aromatic rings. The third-order valence-corrected chi connectivity index (χ3v) is 6.11. The van der Waals surface area contributed by atoms with E-state index in [1.54, 1.807) is 6.92 Å². The first-order valence-corrected chi connectivity index (χ1v) is 8.59. The van der Waals surface area contributed by atoms with Crippen molar-refractivity contribution < 1.29 is 8.42 Å². The lowest BCUT2D eigenvalue weighted by Gasteiger charge is -2.18. The summed E-state index contributed by atoms with van der Waals surface area (Å²) in [6, 6.07) is 10.1. The average molecular weight is 319 g/mol. The van der Waals surface area contributed by atoms with Gasteiger partial charge in [0.2, 0.25) is 0 Å². The molecule has 0 saturated heterocycles. The molecule has 4 heteroatoms. The average Bonchev–Trinajstić information content (AvgIpc) is 2.36. The molecule has 2 atom stereocenters. The molecule has 0 amide bonds. The minimum Gasteiger partial charge on any atom is -0.229 e. The maximum absolute atomic E-state index is 11.4. The van der Waals surface area contributed by atoms with Crippen molar-refractivity contribution in [1.29, 1.82) is 0 Å². The largest absolute Gasteiger partial charge is 0.229 e. The molecule has 0 aromatic heterocycles. The van der Waals surface area contributed by atoms with Gasteiger partial charge in [-0.2, -0.15) is 0 Å². The Morgan fingerprint density at radius 1 is 1.24 bits per heavy atom. The first kappa shape index (κ1) is 14.7. The standard InChI is InChI=1S/C13H19BrO2S/c1-3-17(15,16)10-9-11(2)13(14)12-7-5-4-6-8-12/h4-8,11,13H,3,9-10H2,1-2H3. The van der Waals surface area contributed by atoms with E-state index in [2.05, 4.69) is 35.0 Å². The van der Waals surface area contributed by atoms with E-state index >= 15 is 0 Å². The van der Waals surface area contributed by atoms with E-state index in [9.17, 15) is 8.42 Å². The van der Waals surface area contributed by atoms with E-state index in [-0.39, 0.29) is 16.3 Å². The number of alkyl halides is 1. The fourth-order valence-corrected chi connectivity index (χ4v) is 3.21. The first-order chi connectivity index (χ1) is 7.96. The lowest BCUT2D eigenvalue weighted by molar-refractivity contribution is 0.541. The lowest BCUT2D eigenvalue weighted by Crippen LogP contribution is -2.14. The highest BCUT2D eigenvalue weighted by molar-refractivity contribution is 9.09. The highest BCUT2D eigenvalue weighted by Crippen LogP contribution is 2.32. The van der Waals surface area contributed by atoms with E-state index in [0.29, 0.717) is 12.3 Å². The van der Waals surface area contributed by atoms with Crippen LogP contribution in [0.25, 0.3) is 0 Å². The zero-order valence-electron chi connectivity index (χ0n) is 10.3. The van der Waals surface area contributed by atoms with Crippen molar-refractivity contribution in [3.8, 4) is 0 Å². The summed E-state index contributed by atoms with van der Waals surface area (Å²) in [6.45, 7) is 3.78. The molecule has 0 fully saturated rings. The van der Waals surface area contributed by atoms with Gasteiger partial charge in [-0.3, -0.25) is 0 Å². The first-order valence-electron chi connectivity index (χ1n) is 5.85. The molecular formula is C13H19BrO2S. The van der Waals surface area contributed by atoms with Crippen LogP contribution >= 0.6 is 15.9 Å². The van der Waals surface area contributed by atoms with Gasteiger partial charge < -0.3 is 0 Å². The number of sulfone groups is 1. The van der Waals surface area contributed by atoms with Crippen LogP contribution in [0.3, 0.4) is 0 Å². The minimum absolute atomic E-state index is 0.218. The summed E-state index contributed by atoms with van der Waals surface area (Å²) in [5.74, 6) is 0.816. The van der Waals surface area contributed by atoms with Crippen LogP contribution in [0.5, 0.6) is 0 Å². The van der Waals surface area contributed by atoms with Crippen molar-refractivity contribution in [3.63, 3.8) is 0 Å². The Labute approximate surface area is 112 Å². The molecule has 0 aliphatic heterocycles. The van der Waals surface area contributed by atoms with E-state index in [4.69, 9.17) is 0 Å². The van der Waals surface area contributed by atoms with Crippen molar-refractivity contribution in [2.45, 2.75) is 25.1 Å². The van der Waals surface area contributed by atoms with Crippen molar-refractivity contribution >= 4 is 25.8 Å². The van der Waals surface area contributed by atoms with Gasteiger partial charge >= 0.3 is 0 Å². The Morgan fingerprint density at radius 3 is 2.35 bits per heavy atom. The van der Waals surface area contributed by atoms with Crippen LogP contribution in [0.1, 0.15) is 30.7 Å². The van der Waals surface area contributed by atoms with Crippen LogP contribution in [-0.4, -0.2) is 19.9 Å². The van der Waals surface area contributed by atoms with Crippen LogP contribution in [0.2, 0.25) is 0 Å². The van der Waals surface area contributed by atoms with E-state index in [1.807, 2.05) is 18.2 Å². The smallest absolute Gasteiger partial charge is 0.150 e. The topological polar surface area (TPSA) is 34.1 Å². The Balaban J connectivity index is 2.57. The Hall–Kier alpha value is -0.350. The van der Waals surface area contributed by atoms with Gasteiger partial charge in [0.05, 0.1) is 5.75 Å². The summed E-state index contributed by atoms with van der Waals surface area (Å²) >= 11 is 3.65. The van der Waals surface area contributed by atoms with Gasteiger partial charge in [0, 0.05) is 10.6 Å². The predicted octanol–water partition coefficient (Wildman–Crippen LogP) is 3.58. The third kappa shape index (κ3) is 4.80. The van der Waals surface area contributed by atoms with Gasteiger partial charge in [-0.05, 0) is 17.9 Å². The van der Waals surface area contributed by atoms with E-state index < -0.39 is 9.84 Å². The fourth-order valence-electron chi connectivity index (χ4n) is 1.62. The second kappa shape index (κ2) is 6.55. The Bertz CT molecular complexity index is 428. The van der Waals surface area contributed by atoms with Gasteiger partial charge in [0.1, 0.15) is 9.84 Å². The van der Waals surface area contributed by atoms with E-state index in [1.165, 1.54) is 5.56 Å². The number of halogens is 1. The van der Waals surface area contributed by atoms with Crippen LogP contribution in [0, 0.1) is 5.92 Å². The number of hydrogen-bond donors (Lipinski definition) is 0. The van der Waals surface area contributed by atoms with Gasteiger partial charge in [-0.25, -0.2) is 8.42 Å². The number of benzene rings is 1. The van der Waals surface area contributed by atoms with Crippen molar-refractivity contribution in [1.82, 2.24) is 0 Å². The second-order valence-electron chi connectivity index (χ2n) is 4.31. The normalized spacial score (nSPS) is 15.5. The molecule has 0 N–H and O–H groups in total. The molecule has 0 heterocycles. The molecule has 2 unspecified atom stereocenters. The number of rotatable bonds is 6. The summed E-state index contributed by atoms with van der Waals surface area (Å²) in [6.07, 6.45) is 0.695. The van der Waals surface area contributed by atoms with Gasteiger partial charge in [0.25, 0.3) is 0 Å². The predicted molar refractivity (Wildman–Crippen MR) is 76.2 cm³/mol. The van der Waals surface area contributed by atoms with Crippen LogP contribution < -0.4 is 0 Å². The monoisotopic (exact) mass is 318 g/mol. The Morgan fingerprint density at radius 2 is 1.82 bits per heavy atom. The summed E-state index contributed by atoms with van der Waals surface area (Å²) in [5.41, 5.74) is 1.20. The molecule has 0 bridgehead atoms. The second-order valence-corrected chi connectivity index (χ2v) is 7.77. The lowest BCUT2D eigenvalue weighted by atomic mass is 9.99. The van der Waals surface area contributed by atoms with Gasteiger partial charge in [-0.15, -0.1) is 0 Å². The summed E-state index contributed by atoms with van der Waals surface area (Å²) in [5, 5.41) is 0.